The largest absolute Gasteiger partial charge is 0.392 e. The highest BCUT2D eigenvalue weighted by Gasteiger charge is 2.27. The lowest BCUT2D eigenvalue weighted by Crippen LogP contribution is -2.34. The van der Waals surface area contributed by atoms with Crippen LogP contribution in [0.1, 0.15) is 39.0 Å². The maximum absolute atomic E-state index is 10.1. The standard InChI is InChI=1S/C12H23NO/c1-10-6-7-13(8-10)9-12(14)11-4-2-3-5-11/h10-12,14H,2-9H2,1H3. The van der Waals surface area contributed by atoms with Crippen LogP contribution in [-0.2, 0) is 0 Å². The zero-order chi connectivity index (χ0) is 9.97. The fraction of sp³-hybridized carbons (Fsp3) is 1.00. The topological polar surface area (TPSA) is 23.5 Å². The van der Waals surface area contributed by atoms with Crippen molar-refractivity contribution in [2.75, 3.05) is 19.6 Å². The third-order valence-electron chi connectivity index (χ3n) is 3.90. The molecular weight excluding hydrogens is 174 g/mol. The number of nitrogens with zero attached hydrogens (tertiary/aromatic N) is 1. The molecule has 2 nitrogen and oxygen atoms in total. The lowest BCUT2D eigenvalue weighted by molar-refractivity contribution is 0.0730. The summed E-state index contributed by atoms with van der Waals surface area (Å²) in [7, 11) is 0. The number of rotatable bonds is 3. The Morgan fingerprint density at radius 3 is 2.57 bits per heavy atom. The summed E-state index contributed by atoms with van der Waals surface area (Å²) in [6.07, 6.45) is 6.44. The Morgan fingerprint density at radius 2 is 2.00 bits per heavy atom. The quantitative estimate of drug-likeness (QED) is 0.746. The van der Waals surface area contributed by atoms with Crippen molar-refractivity contribution < 1.29 is 5.11 Å². The minimum absolute atomic E-state index is 0.0530. The van der Waals surface area contributed by atoms with Gasteiger partial charge >= 0.3 is 0 Å². The third-order valence-corrected chi connectivity index (χ3v) is 3.90. The number of hydrogen-bond donors (Lipinski definition) is 1. The van der Waals surface area contributed by atoms with E-state index in [0.717, 1.165) is 12.5 Å². The normalized spacial score (nSPS) is 32.6. The van der Waals surface area contributed by atoms with Crippen molar-refractivity contribution >= 4 is 0 Å². The molecule has 2 rings (SSSR count). The maximum Gasteiger partial charge on any atom is 0.0695 e. The van der Waals surface area contributed by atoms with Crippen LogP contribution in [-0.4, -0.2) is 35.7 Å². The predicted octanol–water partition coefficient (Wildman–Crippen LogP) is 1.88. The Hall–Kier alpha value is -0.0800. The molecule has 0 spiro atoms. The van der Waals surface area contributed by atoms with E-state index in [1.54, 1.807) is 0 Å². The van der Waals surface area contributed by atoms with Crippen molar-refractivity contribution in [1.29, 1.82) is 0 Å². The van der Waals surface area contributed by atoms with Gasteiger partial charge in [0, 0.05) is 13.1 Å². The highest BCUT2D eigenvalue weighted by Crippen LogP contribution is 2.28. The highest BCUT2D eigenvalue weighted by atomic mass is 16.3. The van der Waals surface area contributed by atoms with E-state index in [4.69, 9.17) is 0 Å². The third kappa shape index (κ3) is 2.48. The molecule has 1 saturated heterocycles. The molecule has 2 aliphatic rings. The lowest BCUT2D eigenvalue weighted by atomic mass is 10.0. The monoisotopic (exact) mass is 197 g/mol. The van der Waals surface area contributed by atoms with E-state index in [0.29, 0.717) is 5.92 Å². The van der Waals surface area contributed by atoms with E-state index in [1.807, 2.05) is 0 Å². The molecule has 0 radical (unpaired) electrons. The van der Waals surface area contributed by atoms with Crippen molar-refractivity contribution in [3.8, 4) is 0 Å². The van der Waals surface area contributed by atoms with Gasteiger partial charge in [0.2, 0.25) is 0 Å². The predicted molar refractivity (Wildman–Crippen MR) is 58.2 cm³/mol. The molecule has 1 heterocycles. The number of likely N-dealkylation sites (tertiary alicyclic amines) is 1. The van der Waals surface area contributed by atoms with Crippen LogP contribution < -0.4 is 0 Å². The maximum atomic E-state index is 10.1. The first-order valence-corrected chi connectivity index (χ1v) is 6.16. The first-order valence-electron chi connectivity index (χ1n) is 6.16. The lowest BCUT2D eigenvalue weighted by Gasteiger charge is -2.23. The van der Waals surface area contributed by atoms with Crippen LogP contribution >= 0.6 is 0 Å². The highest BCUT2D eigenvalue weighted by molar-refractivity contribution is 4.80. The molecule has 0 bridgehead atoms. The smallest absolute Gasteiger partial charge is 0.0695 e. The van der Waals surface area contributed by atoms with Gasteiger partial charge in [-0.2, -0.15) is 0 Å². The molecular formula is C12H23NO. The Labute approximate surface area is 87.3 Å². The first kappa shape index (κ1) is 10.4. The van der Waals surface area contributed by atoms with E-state index >= 15 is 0 Å². The molecule has 0 aromatic carbocycles. The minimum Gasteiger partial charge on any atom is -0.392 e. The fourth-order valence-electron chi connectivity index (χ4n) is 2.95. The number of hydrogen-bond acceptors (Lipinski definition) is 2. The first-order chi connectivity index (χ1) is 6.75. The van der Waals surface area contributed by atoms with Crippen molar-refractivity contribution in [2.45, 2.75) is 45.1 Å². The second-order valence-corrected chi connectivity index (χ2v) is 5.27. The molecule has 14 heavy (non-hydrogen) atoms. The number of aliphatic hydroxyl groups excluding tert-OH is 1. The van der Waals surface area contributed by atoms with Crippen LogP contribution in [0.25, 0.3) is 0 Å². The Balaban J connectivity index is 1.73. The van der Waals surface area contributed by atoms with E-state index < -0.39 is 0 Å². The molecule has 2 fully saturated rings. The minimum atomic E-state index is -0.0530. The molecule has 0 amide bonds. The van der Waals surface area contributed by atoms with Gasteiger partial charge in [-0.05, 0) is 37.6 Å². The SMILES string of the molecule is CC1CCN(CC(O)C2CCCC2)C1. The second kappa shape index (κ2) is 4.63. The summed E-state index contributed by atoms with van der Waals surface area (Å²) in [5, 5.41) is 10.1. The van der Waals surface area contributed by atoms with Gasteiger partial charge < -0.3 is 10.0 Å². The van der Waals surface area contributed by atoms with Crippen LogP contribution in [0, 0.1) is 11.8 Å². The summed E-state index contributed by atoms with van der Waals surface area (Å²) in [6.45, 7) is 5.63. The van der Waals surface area contributed by atoms with Crippen molar-refractivity contribution in [3.63, 3.8) is 0 Å². The summed E-state index contributed by atoms with van der Waals surface area (Å²) < 4.78 is 0. The van der Waals surface area contributed by atoms with E-state index in [2.05, 4.69) is 11.8 Å². The van der Waals surface area contributed by atoms with Crippen LogP contribution in [0.5, 0.6) is 0 Å². The van der Waals surface area contributed by atoms with Crippen LogP contribution in [0.3, 0.4) is 0 Å². The zero-order valence-corrected chi connectivity index (χ0v) is 9.28. The molecule has 2 atom stereocenters. The summed E-state index contributed by atoms with van der Waals surface area (Å²) >= 11 is 0. The van der Waals surface area contributed by atoms with Crippen molar-refractivity contribution in [1.82, 2.24) is 4.90 Å². The van der Waals surface area contributed by atoms with Crippen LogP contribution in [0.4, 0.5) is 0 Å². The summed E-state index contributed by atoms with van der Waals surface area (Å²) in [5.74, 6) is 1.44. The molecule has 0 aromatic rings. The number of aliphatic hydroxyl groups is 1. The Morgan fingerprint density at radius 1 is 1.29 bits per heavy atom. The van der Waals surface area contributed by atoms with Gasteiger partial charge in [-0.15, -0.1) is 0 Å². The average molecular weight is 197 g/mol. The van der Waals surface area contributed by atoms with Gasteiger partial charge in [0.1, 0.15) is 0 Å². The molecule has 2 unspecified atom stereocenters. The van der Waals surface area contributed by atoms with Crippen molar-refractivity contribution in [2.24, 2.45) is 11.8 Å². The van der Waals surface area contributed by atoms with E-state index in [-0.39, 0.29) is 6.10 Å². The molecule has 82 valence electrons. The van der Waals surface area contributed by atoms with E-state index in [1.165, 1.54) is 45.2 Å². The van der Waals surface area contributed by atoms with Crippen molar-refractivity contribution in [3.05, 3.63) is 0 Å². The summed E-state index contributed by atoms with van der Waals surface area (Å²) in [5.41, 5.74) is 0. The van der Waals surface area contributed by atoms with Crippen LogP contribution in [0.2, 0.25) is 0 Å². The molecule has 0 aromatic heterocycles. The number of β-amino-alcohol motifs (C(OH)–C–C–N with tert-alkyl or cyclic N) is 1. The van der Waals surface area contributed by atoms with Gasteiger partial charge in [-0.1, -0.05) is 19.8 Å². The summed E-state index contributed by atoms with van der Waals surface area (Å²) in [4.78, 5) is 2.44. The molecule has 1 N–H and O–H groups in total. The van der Waals surface area contributed by atoms with E-state index in [9.17, 15) is 5.11 Å². The Kier molecular flexibility index (Phi) is 3.45. The molecule has 1 saturated carbocycles. The summed E-state index contributed by atoms with van der Waals surface area (Å²) in [6, 6.07) is 0. The van der Waals surface area contributed by atoms with Gasteiger partial charge in [0.25, 0.3) is 0 Å². The average Bonchev–Trinajstić information content (AvgIpc) is 2.75. The second-order valence-electron chi connectivity index (χ2n) is 5.27. The fourth-order valence-corrected chi connectivity index (χ4v) is 2.95. The zero-order valence-electron chi connectivity index (χ0n) is 9.28. The molecule has 1 aliphatic carbocycles. The molecule has 2 heteroatoms. The molecule has 1 aliphatic heterocycles. The Bertz CT molecular complexity index is 177. The van der Waals surface area contributed by atoms with Gasteiger partial charge in [-0.3, -0.25) is 0 Å². The van der Waals surface area contributed by atoms with Gasteiger partial charge in [0.05, 0.1) is 6.10 Å². The van der Waals surface area contributed by atoms with Gasteiger partial charge in [-0.25, -0.2) is 0 Å². The van der Waals surface area contributed by atoms with Gasteiger partial charge in [0.15, 0.2) is 0 Å². The van der Waals surface area contributed by atoms with Crippen LogP contribution in [0.15, 0.2) is 0 Å².